The first-order valence-corrected chi connectivity index (χ1v) is 24.5. The predicted octanol–water partition coefficient (Wildman–Crippen LogP) is -0.680. The zero-order chi connectivity index (χ0) is 54.3. The van der Waals surface area contributed by atoms with Gasteiger partial charge in [-0.3, -0.25) is 53.5 Å². The summed E-state index contributed by atoms with van der Waals surface area (Å²) in [6, 6.07) is 16.8. The standard InChI is InChI=1S/C52H64N14O9/c1-29(45(55)69)59-48(72)37(25-30-13-4-3-5-14-30)62-47(71)36(18-12-23-58-52(56)57)61-49(73)38(26-41(54)67)63-46(70)35(17-10-11-22-53)60-42(68)21-24-66-28-34(32-16-7-9-20-40(32)66)44-43(50(74)64-51(44)75)33-27-65(2)39-19-8-6-15-31(33)39/h3-9,13-16,19-20,27-29,35-38H,10-12,17-18,21-26,53H2,1-2H3,(H2,54,67)(H2,55,69)(H,59,72)(H,60,68)(H,61,73)(H,62,71)(H,63,70)(H4,56,57,58)(H,64,74,75)/t29-,35-,36-,37-,38-/m0/s1. The molecular weight excluding hydrogens is 965 g/mol. The number of carbonyl (C=O) groups excluding carboxylic acids is 9. The number of aliphatic imine (C=N–C) groups is 1. The van der Waals surface area contributed by atoms with Crippen molar-refractivity contribution in [3.8, 4) is 0 Å². The highest BCUT2D eigenvalue weighted by Crippen LogP contribution is 2.39. The molecule has 23 nitrogen and oxygen atoms in total. The number of amides is 9. The summed E-state index contributed by atoms with van der Waals surface area (Å²) in [5, 5.41) is 16.9. The highest BCUT2D eigenvalue weighted by atomic mass is 16.2. The van der Waals surface area contributed by atoms with E-state index in [1.165, 1.54) is 6.92 Å². The van der Waals surface area contributed by atoms with Crippen molar-refractivity contribution in [3.05, 3.63) is 108 Å². The molecule has 5 atom stereocenters. The minimum atomic E-state index is -1.64. The second kappa shape index (κ2) is 25.7. The van der Waals surface area contributed by atoms with Crippen LogP contribution in [0.25, 0.3) is 33.0 Å². The van der Waals surface area contributed by atoms with Gasteiger partial charge in [-0.25, -0.2) is 0 Å². The van der Waals surface area contributed by atoms with Gasteiger partial charge >= 0.3 is 0 Å². The van der Waals surface area contributed by atoms with Crippen LogP contribution < -0.4 is 60.6 Å². The van der Waals surface area contributed by atoms with E-state index in [-0.39, 0.29) is 68.8 Å². The molecule has 16 N–H and O–H groups in total. The molecule has 1 aliphatic rings. The number of hydrogen-bond donors (Lipinski definition) is 11. The Morgan fingerprint density at radius 3 is 1.79 bits per heavy atom. The van der Waals surface area contributed by atoms with Gasteiger partial charge in [0.15, 0.2) is 5.96 Å². The fraction of sp³-hybridized carbons (Fsp3) is 0.346. The molecule has 0 radical (unpaired) electrons. The number of nitrogens with two attached hydrogens (primary N) is 5. The second-order valence-corrected chi connectivity index (χ2v) is 18.2. The lowest BCUT2D eigenvalue weighted by Crippen LogP contribution is -2.59. The molecule has 0 aliphatic carbocycles. The van der Waals surface area contributed by atoms with E-state index in [0.717, 1.165) is 10.9 Å². The van der Waals surface area contributed by atoms with Crippen molar-refractivity contribution in [2.45, 2.75) is 95.0 Å². The number of benzene rings is 3. The van der Waals surface area contributed by atoms with Gasteiger partial charge in [0, 0.05) is 78.3 Å². The zero-order valence-electron chi connectivity index (χ0n) is 41.7. The molecular formula is C52H64N14O9. The molecule has 1 aliphatic heterocycles. The Balaban J connectivity index is 1.20. The molecule has 0 spiro atoms. The molecule has 6 rings (SSSR count). The van der Waals surface area contributed by atoms with E-state index >= 15 is 0 Å². The molecule has 0 saturated carbocycles. The number of para-hydroxylation sites is 2. The fourth-order valence-corrected chi connectivity index (χ4v) is 8.84. The number of rotatable bonds is 27. The third-order valence-corrected chi connectivity index (χ3v) is 12.7. The number of carbonyl (C=O) groups is 9. The number of unbranched alkanes of at least 4 members (excludes halogenated alkanes) is 1. The molecule has 0 unspecified atom stereocenters. The summed E-state index contributed by atoms with van der Waals surface area (Å²) in [6.07, 6.45) is 3.64. The van der Waals surface area contributed by atoms with Crippen LogP contribution in [-0.4, -0.2) is 112 Å². The van der Waals surface area contributed by atoms with Crippen LogP contribution in [-0.2, 0) is 63.2 Å². The number of guanidine groups is 1. The van der Waals surface area contributed by atoms with Crippen molar-refractivity contribution in [2.75, 3.05) is 13.1 Å². The van der Waals surface area contributed by atoms with Crippen LogP contribution in [0.3, 0.4) is 0 Å². The van der Waals surface area contributed by atoms with Gasteiger partial charge in [0.05, 0.1) is 17.6 Å². The second-order valence-electron chi connectivity index (χ2n) is 18.2. The molecule has 9 amide bonds. The summed E-state index contributed by atoms with van der Waals surface area (Å²) in [5.41, 5.74) is 31.4. The summed E-state index contributed by atoms with van der Waals surface area (Å²) < 4.78 is 3.67. The lowest BCUT2D eigenvalue weighted by molar-refractivity contribution is -0.136. The number of nitrogens with zero attached hydrogens (tertiary/aromatic N) is 3. The summed E-state index contributed by atoms with van der Waals surface area (Å²) in [7, 11) is 1.85. The quantitative estimate of drug-likeness (QED) is 0.0135. The Morgan fingerprint density at radius 1 is 0.627 bits per heavy atom. The van der Waals surface area contributed by atoms with E-state index in [1.807, 2.05) is 54.2 Å². The maximum atomic E-state index is 14.1. The minimum absolute atomic E-state index is 0.0220. The molecule has 3 heterocycles. The zero-order valence-corrected chi connectivity index (χ0v) is 41.7. The molecule has 0 fully saturated rings. The van der Waals surface area contributed by atoms with Gasteiger partial charge in [-0.2, -0.15) is 0 Å². The van der Waals surface area contributed by atoms with Crippen LogP contribution in [0.1, 0.15) is 68.6 Å². The maximum absolute atomic E-state index is 14.1. The van der Waals surface area contributed by atoms with E-state index in [0.29, 0.717) is 40.4 Å². The first-order valence-electron chi connectivity index (χ1n) is 24.5. The average Bonchev–Trinajstić information content (AvgIpc) is 4.01. The van der Waals surface area contributed by atoms with E-state index in [1.54, 1.807) is 53.2 Å². The van der Waals surface area contributed by atoms with Crippen LogP contribution in [0.2, 0.25) is 0 Å². The smallest absolute Gasteiger partial charge is 0.259 e. The van der Waals surface area contributed by atoms with E-state index in [2.05, 4.69) is 36.9 Å². The van der Waals surface area contributed by atoms with Crippen molar-refractivity contribution < 1.29 is 43.2 Å². The number of nitrogens with one attached hydrogen (secondary N) is 6. The van der Waals surface area contributed by atoms with Crippen LogP contribution >= 0.6 is 0 Å². The average molecular weight is 1030 g/mol. The topological polar surface area (TPSA) is 378 Å². The number of fused-ring (bicyclic) bond motifs is 2. The van der Waals surface area contributed by atoms with Gasteiger partial charge in [0.25, 0.3) is 11.8 Å². The van der Waals surface area contributed by atoms with Crippen LogP contribution in [0, 0.1) is 0 Å². The third kappa shape index (κ3) is 14.4. The Bertz CT molecular complexity index is 3030. The number of aryl methyl sites for hydroxylation is 2. The Kier molecular flexibility index (Phi) is 19.0. The normalized spacial score (nSPS) is 14.3. The summed E-state index contributed by atoms with van der Waals surface area (Å²) in [5.74, 6) is -7.07. The van der Waals surface area contributed by atoms with E-state index in [9.17, 15) is 43.2 Å². The van der Waals surface area contributed by atoms with Crippen molar-refractivity contribution in [1.82, 2.24) is 41.0 Å². The Labute approximate surface area is 431 Å². The van der Waals surface area contributed by atoms with Crippen LogP contribution in [0.4, 0.5) is 0 Å². The van der Waals surface area contributed by atoms with Crippen molar-refractivity contribution in [1.29, 1.82) is 0 Å². The number of aromatic nitrogens is 2. The summed E-state index contributed by atoms with van der Waals surface area (Å²) >= 11 is 0. The molecule has 23 heteroatoms. The third-order valence-electron chi connectivity index (χ3n) is 12.7. The lowest BCUT2D eigenvalue weighted by Gasteiger charge is -2.26. The molecule has 3 aromatic carbocycles. The first-order chi connectivity index (χ1) is 35.9. The summed E-state index contributed by atoms with van der Waals surface area (Å²) in [4.78, 5) is 125. The fourth-order valence-electron chi connectivity index (χ4n) is 8.84. The first kappa shape index (κ1) is 55.5. The van der Waals surface area contributed by atoms with Crippen LogP contribution in [0.15, 0.2) is 96.2 Å². The number of hydrogen-bond acceptors (Lipinski definition) is 11. The molecule has 0 saturated heterocycles. The van der Waals surface area contributed by atoms with E-state index < -0.39 is 89.8 Å². The molecule has 396 valence electrons. The van der Waals surface area contributed by atoms with Gasteiger partial charge in [-0.15, -0.1) is 0 Å². The molecule has 2 aromatic heterocycles. The van der Waals surface area contributed by atoms with Gasteiger partial charge < -0.3 is 64.4 Å². The Hall–Kier alpha value is -8.86. The van der Waals surface area contributed by atoms with Gasteiger partial charge in [-0.1, -0.05) is 66.7 Å². The van der Waals surface area contributed by atoms with Crippen LogP contribution in [0.5, 0.6) is 0 Å². The maximum Gasteiger partial charge on any atom is 0.259 e. The number of imide groups is 1. The van der Waals surface area contributed by atoms with Crippen molar-refractivity contribution in [3.63, 3.8) is 0 Å². The SMILES string of the molecule is C[C@H](NC(=O)[C@H](Cc1ccccc1)NC(=O)[C@H](CCCN=C(N)N)NC(=O)[C@H](CC(N)=O)NC(=O)[C@H](CCCCN)NC(=O)CCn1cc(C2=C(c3cn(C)c4ccccc34)C(=O)NC2=O)c2ccccc21)C(N)=O. The largest absolute Gasteiger partial charge is 0.370 e. The molecule has 75 heavy (non-hydrogen) atoms. The summed E-state index contributed by atoms with van der Waals surface area (Å²) in [6.45, 7) is 1.78. The highest BCUT2D eigenvalue weighted by molar-refractivity contribution is 6.50. The predicted molar refractivity (Wildman–Crippen MR) is 281 cm³/mol. The Morgan fingerprint density at radius 2 is 1.16 bits per heavy atom. The molecule has 0 bridgehead atoms. The minimum Gasteiger partial charge on any atom is -0.370 e. The number of primary amides is 2. The van der Waals surface area contributed by atoms with Crippen molar-refractivity contribution in [2.24, 2.45) is 40.7 Å². The molecule has 5 aromatic rings. The van der Waals surface area contributed by atoms with Gasteiger partial charge in [0.2, 0.25) is 41.4 Å². The van der Waals surface area contributed by atoms with Gasteiger partial charge in [0.1, 0.15) is 30.2 Å². The lowest BCUT2D eigenvalue weighted by atomic mass is 9.95. The van der Waals surface area contributed by atoms with Crippen molar-refractivity contribution >= 4 is 92.1 Å². The van der Waals surface area contributed by atoms with Gasteiger partial charge in [-0.05, 0) is 63.3 Å². The highest BCUT2D eigenvalue weighted by Gasteiger charge is 2.36. The van der Waals surface area contributed by atoms with E-state index in [4.69, 9.17) is 28.7 Å². The monoisotopic (exact) mass is 1030 g/mol.